The number of pyridine rings is 1. The maximum Gasteiger partial charge on any atom is 0.239 e. The van der Waals surface area contributed by atoms with E-state index in [0.717, 1.165) is 11.3 Å². The lowest BCUT2D eigenvalue weighted by atomic mass is 10.2. The van der Waals surface area contributed by atoms with Crippen molar-refractivity contribution in [3.05, 3.63) is 53.9 Å². The van der Waals surface area contributed by atoms with E-state index in [2.05, 4.69) is 10.3 Å². The Balaban J connectivity index is 1.98. The second-order valence-corrected chi connectivity index (χ2v) is 5.66. The Morgan fingerprint density at radius 2 is 1.88 bits per heavy atom. The predicted octanol–water partition coefficient (Wildman–Crippen LogP) is 1.76. The number of hydrogen-bond donors (Lipinski definition) is 1. The minimum atomic E-state index is -0.244. The Kier molecular flexibility index (Phi) is 6.96. The molecule has 0 aliphatic rings. The fourth-order valence-electron chi connectivity index (χ4n) is 2.40. The number of nitrogens with one attached hydrogen (secondary N) is 1. The molecule has 0 saturated heterocycles. The van der Waals surface area contributed by atoms with Gasteiger partial charge in [0.15, 0.2) is 11.5 Å². The molecule has 2 rings (SSSR count). The zero-order valence-corrected chi connectivity index (χ0v) is 15.2. The van der Waals surface area contributed by atoms with Crippen LogP contribution >= 0.6 is 0 Å². The highest BCUT2D eigenvalue weighted by Gasteiger charge is 2.15. The van der Waals surface area contributed by atoms with Crippen LogP contribution in [0.2, 0.25) is 0 Å². The molecule has 1 N–H and O–H groups in total. The summed E-state index contributed by atoms with van der Waals surface area (Å²) < 4.78 is 10.5. The number of aromatic nitrogens is 1. The number of ether oxygens (including phenoxy) is 2. The number of carbonyl (C=O) groups excluding carboxylic acids is 2. The molecule has 0 unspecified atom stereocenters. The summed E-state index contributed by atoms with van der Waals surface area (Å²) >= 11 is 0. The van der Waals surface area contributed by atoms with Crippen LogP contribution in [0.15, 0.2) is 42.6 Å². The Morgan fingerprint density at radius 1 is 1.12 bits per heavy atom. The third-order valence-corrected chi connectivity index (χ3v) is 3.79. The van der Waals surface area contributed by atoms with E-state index in [9.17, 15) is 9.59 Å². The van der Waals surface area contributed by atoms with Crippen molar-refractivity contribution in [1.82, 2.24) is 15.2 Å². The third kappa shape index (κ3) is 5.47. The lowest BCUT2D eigenvalue weighted by Gasteiger charge is -2.21. The first-order chi connectivity index (χ1) is 12.5. The smallest absolute Gasteiger partial charge is 0.239 e. The first-order valence-electron chi connectivity index (χ1n) is 8.16. The van der Waals surface area contributed by atoms with Crippen molar-refractivity contribution in [2.75, 3.05) is 20.8 Å². The maximum absolute atomic E-state index is 12.2. The second kappa shape index (κ2) is 9.41. The summed E-state index contributed by atoms with van der Waals surface area (Å²) in [6.07, 6.45) is 1.67. The molecule has 0 fully saturated rings. The highest BCUT2D eigenvalue weighted by molar-refractivity contribution is 5.83. The van der Waals surface area contributed by atoms with E-state index in [-0.39, 0.29) is 18.4 Å². The van der Waals surface area contributed by atoms with Gasteiger partial charge in [-0.05, 0) is 29.8 Å². The average Bonchev–Trinajstić information content (AvgIpc) is 2.66. The van der Waals surface area contributed by atoms with Gasteiger partial charge in [0.05, 0.1) is 33.0 Å². The standard InChI is InChI=1S/C19H23N3O4/c1-14(23)22(12-15-7-8-17(25-2)18(10-15)26-3)13-19(24)21-11-16-6-4-5-9-20-16/h4-10H,11-13H2,1-3H3,(H,21,24). The number of methoxy groups -OCH3 is 2. The molecule has 138 valence electrons. The van der Waals surface area contributed by atoms with Gasteiger partial charge in [0.2, 0.25) is 11.8 Å². The molecule has 0 aliphatic heterocycles. The van der Waals surface area contributed by atoms with E-state index < -0.39 is 0 Å². The third-order valence-electron chi connectivity index (χ3n) is 3.79. The monoisotopic (exact) mass is 357 g/mol. The van der Waals surface area contributed by atoms with E-state index in [0.29, 0.717) is 24.6 Å². The summed E-state index contributed by atoms with van der Waals surface area (Å²) in [4.78, 5) is 29.7. The fourth-order valence-corrected chi connectivity index (χ4v) is 2.40. The molecule has 0 saturated carbocycles. The first kappa shape index (κ1) is 19.2. The van der Waals surface area contributed by atoms with Gasteiger partial charge in [-0.1, -0.05) is 12.1 Å². The lowest BCUT2D eigenvalue weighted by Crippen LogP contribution is -2.39. The molecule has 1 aromatic carbocycles. The van der Waals surface area contributed by atoms with Crippen LogP contribution < -0.4 is 14.8 Å². The minimum absolute atomic E-state index is 0.0312. The van der Waals surface area contributed by atoms with E-state index in [1.165, 1.54) is 11.8 Å². The van der Waals surface area contributed by atoms with Crippen LogP contribution in [0.5, 0.6) is 11.5 Å². The molecule has 2 amide bonds. The van der Waals surface area contributed by atoms with Crippen LogP contribution in [0.25, 0.3) is 0 Å². The summed E-state index contributed by atoms with van der Waals surface area (Å²) in [7, 11) is 3.11. The molecule has 7 heteroatoms. The van der Waals surface area contributed by atoms with Crippen LogP contribution in [-0.4, -0.2) is 42.5 Å². The second-order valence-electron chi connectivity index (χ2n) is 5.66. The Hall–Kier alpha value is -3.09. The van der Waals surface area contributed by atoms with E-state index >= 15 is 0 Å². The van der Waals surface area contributed by atoms with Crippen LogP contribution in [-0.2, 0) is 22.7 Å². The number of carbonyl (C=O) groups is 2. The zero-order chi connectivity index (χ0) is 18.9. The molecule has 7 nitrogen and oxygen atoms in total. The SMILES string of the molecule is COc1ccc(CN(CC(=O)NCc2ccccn2)C(C)=O)cc1OC. The first-order valence-corrected chi connectivity index (χ1v) is 8.16. The van der Waals surface area contributed by atoms with Crippen molar-refractivity contribution in [2.24, 2.45) is 0 Å². The van der Waals surface area contributed by atoms with Gasteiger partial charge in [0.25, 0.3) is 0 Å². The van der Waals surface area contributed by atoms with Gasteiger partial charge in [-0.3, -0.25) is 14.6 Å². The molecule has 26 heavy (non-hydrogen) atoms. The number of rotatable bonds is 8. The van der Waals surface area contributed by atoms with Crippen molar-refractivity contribution in [2.45, 2.75) is 20.0 Å². The summed E-state index contributed by atoms with van der Waals surface area (Å²) in [5, 5.41) is 2.77. The normalized spacial score (nSPS) is 10.1. The summed E-state index contributed by atoms with van der Waals surface area (Å²) in [5.74, 6) is 0.755. The minimum Gasteiger partial charge on any atom is -0.493 e. The predicted molar refractivity (Wildman–Crippen MR) is 96.7 cm³/mol. The van der Waals surface area contributed by atoms with Gasteiger partial charge >= 0.3 is 0 Å². The number of benzene rings is 1. The fraction of sp³-hybridized carbons (Fsp3) is 0.316. The molecule has 0 bridgehead atoms. The molecular formula is C19H23N3O4. The molecular weight excluding hydrogens is 334 g/mol. The van der Waals surface area contributed by atoms with Gasteiger partial charge in [-0.25, -0.2) is 0 Å². The molecule has 1 aromatic heterocycles. The largest absolute Gasteiger partial charge is 0.493 e. The van der Waals surface area contributed by atoms with Gasteiger partial charge in [-0.2, -0.15) is 0 Å². The number of nitrogens with zero attached hydrogens (tertiary/aromatic N) is 2. The van der Waals surface area contributed by atoms with Crippen molar-refractivity contribution in [1.29, 1.82) is 0 Å². The quantitative estimate of drug-likeness (QED) is 0.779. The van der Waals surface area contributed by atoms with Gasteiger partial charge in [-0.15, -0.1) is 0 Å². The van der Waals surface area contributed by atoms with Crippen molar-refractivity contribution in [3.63, 3.8) is 0 Å². The summed E-state index contributed by atoms with van der Waals surface area (Å²) in [6, 6.07) is 10.9. The average molecular weight is 357 g/mol. The topological polar surface area (TPSA) is 80.8 Å². The zero-order valence-electron chi connectivity index (χ0n) is 15.2. The molecule has 0 radical (unpaired) electrons. The maximum atomic E-state index is 12.2. The van der Waals surface area contributed by atoms with E-state index in [1.54, 1.807) is 32.5 Å². The van der Waals surface area contributed by atoms with Gasteiger partial charge in [0, 0.05) is 19.7 Å². The van der Waals surface area contributed by atoms with E-state index in [4.69, 9.17) is 9.47 Å². The van der Waals surface area contributed by atoms with Crippen LogP contribution in [0.4, 0.5) is 0 Å². The molecule has 1 heterocycles. The van der Waals surface area contributed by atoms with Gasteiger partial charge < -0.3 is 19.7 Å². The van der Waals surface area contributed by atoms with Crippen LogP contribution in [0.3, 0.4) is 0 Å². The van der Waals surface area contributed by atoms with Crippen LogP contribution in [0.1, 0.15) is 18.2 Å². The molecule has 0 spiro atoms. The van der Waals surface area contributed by atoms with Crippen molar-refractivity contribution < 1.29 is 19.1 Å². The molecule has 0 aliphatic carbocycles. The Morgan fingerprint density at radius 3 is 2.50 bits per heavy atom. The summed E-state index contributed by atoms with van der Waals surface area (Å²) in [6.45, 7) is 2.03. The van der Waals surface area contributed by atoms with E-state index in [1.807, 2.05) is 24.3 Å². The number of amides is 2. The highest BCUT2D eigenvalue weighted by Crippen LogP contribution is 2.28. The number of hydrogen-bond acceptors (Lipinski definition) is 5. The van der Waals surface area contributed by atoms with Crippen LogP contribution in [0, 0.1) is 0 Å². The highest BCUT2D eigenvalue weighted by atomic mass is 16.5. The molecule has 0 atom stereocenters. The Bertz CT molecular complexity index is 750. The Labute approximate surface area is 152 Å². The van der Waals surface area contributed by atoms with Gasteiger partial charge in [0.1, 0.15) is 0 Å². The summed E-state index contributed by atoms with van der Waals surface area (Å²) in [5.41, 5.74) is 1.60. The molecule has 2 aromatic rings. The lowest BCUT2D eigenvalue weighted by molar-refractivity contribution is -0.135. The van der Waals surface area contributed by atoms with Crippen molar-refractivity contribution in [3.8, 4) is 11.5 Å². The van der Waals surface area contributed by atoms with Crippen molar-refractivity contribution >= 4 is 11.8 Å².